The van der Waals surface area contributed by atoms with Crippen LogP contribution in [0, 0.1) is 0 Å². The fourth-order valence-corrected chi connectivity index (χ4v) is 4.16. The van der Waals surface area contributed by atoms with Gasteiger partial charge in [-0.1, -0.05) is 30.3 Å². The minimum Gasteiger partial charge on any atom is -0.489 e. The molecule has 1 N–H and O–H groups in total. The summed E-state index contributed by atoms with van der Waals surface area (Å²) in [4.78, 5) is 15.0. The third kappa shape index (κ3) is 4.44. The molecular formula is C25H26N4O3. The van der Waals surface area contributed by atoms with Gasteiger partial charge in [0.05, 0.1) is 24.4 Å². The van der Waals surface area contributed by atoms with Gasteiger partial charge in [-0.2, -0.15) is 5.10 Å². The van der Waals surface area contributed by atoms with E-state index < -0.39 is 0 Å². The van der Waals surface area contributed by atoms with Crippen molar-refractivity contribution in [2.45, 2.75) is 25.7 Å². The molecule has 1 fully saturated rings. The third-order valence-corrected chi connectivity index (χ3v) is 5.92. The number of rotatable bonds is 7. The molecule has 0 saturated carbocycles. The lowest BCUT2D eigenvalue weighted by molar-refractivity contribution is 0.175. The van der Waals surface area contributed by atoms with E-state index in [1.54, 1.807) is 10.8 Å². The molecular weight excluding hydrogens is 404 g/mol. The lowest BCUT2D eigenvalue weighted by atomic mass is 10.2. The predicted octanol–water partition coefficient (Wildman–Crippen LogP) is 2.83. The molecule has 7 nitrogen and oxygen atoms in total. The molecule has 1 atom stereocenters. The first kappa shape index (κ1) is 20.5. The predicted molar refractivity (Wildman–Crippen MR) is 123 cm³/mol. The van der Waals surface area contributed by atoms with E-state index in [-0.39, 0.29) is 11.7 Å². The standard InChI is InChI=1S/C25H26N4O3/c30-22-8-10-27(17-22)12-13-29-24-7-6-21(14-20(24)16-26-29)28-11-9-23(15-25(28)31)32-18-19-4-2-1-3-5-19/h1-7,9,11,14-16,22,30H,8,10,12-13,17-18H2. The van der Waals surface area contributed by atoms with Gasteiger partial charge in [0.1, 0.15) is 12.4 Å². The summed E-state index contributed by atoms with van der Waals surface area (Å²) in [5, 5.41) is 15.2. The zero-order valence-corrected chi connectivity index (χ0v) is 17.8. The van der Waals surface area contributed by atoms with E-state index in [2.05, 4.69) is 10.00 Å². The van der Waals surface area contributed by atoms with Crippen LogP contribution in [0.2, 0.25) is 0 Å². The van der Waals surface area contributed by atoms with Crippen LogP contribution in [0.5, 0.6) is 5.75 Å². The molecule has 0 radical (unpaired) electrons. The van der Waals surface area contributed by atoms with Crippen molar-refractivity contribution in [3.8, 4) is 11.4 Å². The number of hydrogen-bond acceptors (Lipinski definition) is 5. The Morgan fingerprint density at radius 2 is 1.94 bits per heavy atom. The second-order valence-corrected chi connectivity index (χ2v) is 8.20. The molecule has 2 aromatic heterocycles. The van der Waals surface area contributed by atoms with Crippen LogP contribution in [0.1, 0.15) is 12.0 Å². The van der Waals surface area contributed by atoms with Gasteiger partial charge in [-0.3, -0.25) is 18.9 Å². The van der Waals surface area contributed by atoms with Gasteiger partial charge in [-0.15, -0.1) is 0 Å². The van der Waals surface area contributed by atoms with E-state index in [9.17, 15) is 9.90 Å². The SMILES string of the molecule is O=c1cc(OCc2ccccc2)ccn1-c1ccc2c(cnn2CCN2CCC(O)C2)c1. The number of aliphatic hydroxyl groups excluding tert-OH is 1. The second kappa shape index (κ2) is 8.98. The van der Waals surface area contributed by atoms with Gasteiger partial charge in [-0.05, 0) is 36.2 Å². The Balaban J connectivity index is 1.29. The molecule has 4 aromatic rings. The fraction of sp³-hybridized carbons (Fsp3) is 0.280. The van der Waals surface area contributed by atoms with E-state index in [1.807, 2.05) is 65.5 Å². The molecule has 1 aliphatic rings. The Morgan fingerprint density at radius 1 is 1.06 bits per heavy atom. The number of ether oxygens (including phenoxy) is 1. The third-order valence-electron chi connectivity index (χ3n) is 5.92. The average molecular weight is 431 g/mol. The number of aliphatic hydroxyl groups is 1. The van der Waals surface area contributed by atoms with Crippen LogP contribution < -0.4 is 10.3 Å². The molecule has 1 unspecified atom stereocenters. The summed E-state index contributed by atoms with van der Waals surface area (Å²) < 4.78 is 9.35. The molecule has 32 heavy (non-hydrogen) atoms. The molecule has 5 rings (SSSR count). The number of aromatic nitrogens is 3. The first-order valence-electron chi connectivity index (χ1n) is 10.9. The summed E-state index contributed by atoms with van der Waals surface area (Å²) in [5.41, 5.74) is 2.73. The number of benzene rings is 2. The fourth-order valence-electron chi connectivity index (χ4n) is 4.16. The highest BCUT2D eigenvalue weighted by atomic mass is 16.5. The number of likely N-dealkylation sites (tertiary alicyclic amines) is 1. The maximum Gasteiger partial charge on any atom is 0.258 e. The summed E-state index contributed by atoms with van der Waals surface area (Å²) in [7, 11) is 0. The van der Waals surface area contributed by atoms with E-state index in [4.69, 9.17) is 4.74 Å². The Labute approximate surface area is 186 Å². The van der Waals surface area contributed by atoms with Gasteiger partial charge < -0.3 is 9.84 Å². The van der Waals surface area contributed by atoms with Crippen LogP contribution in [0.25, 0.3) is 16.6 Å². The molecule has 1 aliphatic heterocycles. The van der Waals surface area contributed by atoms with Crippen LogP contribution in [-0.4, -0.2) is 50.1 Å². The minimum absolute atomic E-state index is 0.144. The largest absolute Gasteiger partial charge is 0.489 e. The average Bonchev–Trinajstić information content (AvgIpc) is 3.42. The summed E-state index contributed by atoms with van der Waals surface area (Å²) in [6.45, 7) is 3.71. The highest BCUT2D eigenvalue weighted by Gasteiger charge is 2.19. The van der Waals surface area contributed by atoms with Crippen molar-refractivity contribution in [3.63, 3.8) is 0 Å². The number of hydrogen-bond donors (Lipinski definition) is 1. The quantitative estimate of drug-likeness (QED) is 0.488. The summed E-state index contributed by atoms with van der Waals surface area (Å²) >= 11 is 0. The first-order valence-corrected chi connectivity index (χ1v) is 10.9. The maximum absolute atomic E-state index is 12.7. The zero-order chi connectivity index (χ0) is 21.9. The molecule has 2 aromatic carbocycles. The highest BCUT2D eigenvalue weighted by Crippen LogP contribution is 2.19. The van der Waals surface area contributed by atoms with Crippen LogP contribution in [0.3, 0.4) is 0 Å². The maximum atomic E-state index is 12.7. The van der Waals surface area contributed by atoms with E-state index in [0.717, 1.165) is 54.8 Å². The molecule has 7 heteroatoms. The Hall–Kier alpha value is -3.42. The monoisotopic (exact) mass is 430 g/mol. The van der Waals surface area contributed by atoms with Gasteiger partial charge in [0.15, 0.2) is 0 Å². The van der Waals surface area contributed by atoms with Gasteiger partial charge in [0.2, 0.25) is 0 Å². The van der Waals surface area contributed by atoms with Crippen LogP contribution in [0.15, 0.2) is 77.9 Å². The minimum atomic E-state index is -0.208. The summed E-state index contributed by atoms with van der Waals surface area (Å²) in [5.74, 6) is 0.552. The van der Waals surface area contributed by atoms with Gasteiger partial charge in [-0.25, -0.2) is 0 Å². The number of β-amino-alcohol motifs (C(OH)–C–C–N with tert-alkyl or cyclic N) is 1. The van der Waals surface area contributed by atoms with Gasteiger partial charge >= 0.3 is 0 Å². The van der Waals surface area contributed by atoms with Crippen LogP contribution in [0.4, 0.5) is 0 Å². The van der Waals surface area contributed by atoms with Gasteiger partial charge in [0.25, 0.3) is 5.56 Å². The molecule has 0 bridgehead atoms. The summed E-state index contributed by atoms with van der Waals surface area (Å²) in [6.07, 6.45) is 4.21. The van der Waals surface area contributed by atoms with Crippen molar-refractivity contribution < 1.29 is 9.84 Å². The lowest BCUT2D eigenvalue weighted by Crippen LogP contribution is -2.26. The van der Waals surface area contributed by atoms with E-state index in [0.29, 0.717) is 12.4 Å². The lowest BCUT2D eigenvalue weighted by Gasteiger charge is -2.15. The molecule has 164 valence electrons. The van der Waals surface area contributed by atoms with E-state index >= 15 is 0 Å². The van der Waals surface area contributed by atoms with Crippen molar-refractivity contribution in [1.82, 2.24) is 19.2 Å². The number of pyridine rings is 1. The second-order valence-electron chi connectivity index (χ2n) is 8.20. The van der Waals surface area contributed by atoms with Crippen LogP contribution in [-0.2, 0) is 13.2 Å². The first-order chi connectivity index (χ1) is 15.7. The number of nitrogens with zero attached hydrogens (tertiary/aromatic N) is 4. The van der Waals surface area contributed by atoms with Gasteiger partial charge in [0, 0.05) is 43.0 Å². The molecule has 3 heterocycles. The molecule has 0 aliphatic carbocycles. The molecule has 0 amide bonds. The van der Waals surface area contributed by atoms with Crippen molar-refractivity contribution in [3.05, 3.63) is 89.0 Å². The molecule has 0 spiro atoms. The Kier molecular flexibility index (Phi) is 5.75. The topological polar surface area (TPSA) is 72.5 Å². The number of fused-ring (bicyclic) bond motifs is 1. The normalized spacial score (nSPS) is 16.6. The summed E-state index contributed by atoms with van der Waals surface area (Å²) in [6, 6.07) is 19.1. The van der Waals surface area contributed by atoms with E-state index in [1.165, 1.54) is 6.07 Å². The van der Waals surface area contributed by atoms with Crippen molar-refractivity contribution >= 4 is 10.9 Å². The van der Waals surface area contributed by atoms with Crippen molar-refractivity contribution in [2.75, 3.05) is 19.6 Å². The smallest absolute Gasteiger partial charge is 0.258 e. The van der Waals surface area contributed by atoms with Crippen molar-refractivity contribution in [2.24, 2.45) is 0 Å². The Morgan fingerprint density at radius 3 is 2.72 bits per heavy atom. The highest BCUT2D eigenvalue weighted by molar-refractivity contribution is 5.80. The Bertz CT molecular complexity index is 1270. The molecule has 1 saturated heterocycles. The zero-order valence-electron chi connectivity index (χ0n) is 17.8. The van der Waals surface area contributed by atoms with Crippen LogP contribution >= 0.6 is 0 Å². The van der Waals surface area contributed by atoms with Crippen molar-refractivity contribution in [1.29, 1.82) is 0 Å².